The van der Waals surface area contributed by atoms with Gasteiger partial charge in [0.25, 0.3) is 0 Å². The third-order valence-corrected chi connectivity index (χ3v) is 3.31. The highest BCUT2D eigenvalue weighted by Gasteiger charge is 2.12. The number of rotatable bonds is 6. The van der Waals surface area contributed by atoms with Crippen LogP contribution in [0.25, 0.3) is 0 Å². The van der Waals surface area contributed by atoms with Gasteiger partial charge in [-0.3, -0.25) is 0 Å². The largest absolute Gasteiger partial charge is 0.481 e. The van der Waals surface area contributed by atoms with Crippen LogP contribution >= 0.6 is 0 Å². The Labute approximate surface area is 101 Å². The third kappa shape index (κ3) is 3.94. The second-order valence-corrected chi connectivity index (χ2v) is 4.87. The Morgan fingerprint density at radius 1 is 1.41 bits per heavy atom. The molecule has 0 aromatic heterocycles. The first-order chi connectivity index (χ1) is 8.10. The zero-order valence-electron chi connectivity index (χ0n) is 9.22. The van der Waals surface area contributed by atoms with Gasteiger partial charge in [-0.15, -0.1) is 13.0 Å². The summed E-state index contributed by atoms with van der Waals surface area (Å²) in [6.45, 7) is 3.79. The van der Waals surface area contributed by atoms with Crippen LogP contribution in [-0.2, 0) is 10.0 Å². The average molecular weight is 251 g/mol. The minimum absolute atomic E-state index is 0.154. The van der Waals surface area contributed by atoms with E-state index >= 15 is 0 Å². The highest BCUT2D eigenvalue weighted by molar-refractivity contribution is 7.89. The smallest absolute Gasteiger partial charge is 0.240 e. The Bertz CT molecular complexity index is 512. The molecule has 0 unspecified atom stereocenters. The van der Waals surface area contributed by atoms with E-state index in [-0.39, 0.29) is 18.0 Å². The molecule has 0 amide bonds. The van der Waals surface area contributed by atoms with Crippen LogP contribution in [-0.4, -0.2) is 21.6 Å². The van der Waals surface area contributed by atoms with Gasteiger partial charge in [0.05, 0.1) is 4.90 Å². The third-order valence-electron chi connectivity index (χ3n) is 1.87. The maximum atomic E-state index is 11.7. The molecule has 0 aliphatic rings. The molecule has 0 saturated carbocycles. The van der Waals surface area contributed by atoms with E-state index in [1.54, 1.807) is 12.1 Å². The molecule has 0 saturated heterocycles. The van der Waals surface area contributed by atoms with Crippen LogP contribution in [0.3, 0.4) is 0 Å². The first-order valence-electron chi connectivity index (χ1n) is 4.87. The van der Waals surface area contributed by atoms with Crippen molar-refractivity contribution in [3.05, 3.63) is 36.9 Å². The van der Waals surface area contributed by atoms with Crippen LogP contribution in [0.2, 0.25) is 0 Å². The van der Waals surface area contributed by atoms with Gasteiger partial charge in [0, 0.05) is 6.54 Å². The lowest BCUT2D eigenvalue weighted by Crippen LogP contribution is -2.23. The van der Waals surface area contributed by atoms with E-state index in [1.807, 2.05) is 0 Å². The summed E-state index contributed by atoms with van der Waals surface area (Å²) in [5.41, 5.74) is 0. The Balaban J connectivity index is 2.80. The molecule has 90 valence electrons. The molecule has 1 aromatic rings. The van der Waals surface area contributed by atoms with Gasteiger partial charge in [0.1, 0.15) is 12.4 Å². The normalized spacial score (nSPS) is 10.5. The summed E-state index contributed by atoms with van der Waals surface area (Å²) in [4.78, 5) is 0.174. The molecule has 0 aliphatic carbocycles. The molecule has 1 N–H and O–H groups in total. The van der Waals surface area contributed by atoms with Gasteiger partial charge in [-0.2, -0.15) is 0 Å². The molecule has 0 fully saturated rings. The number of nitrogens with one attached hydrogen (secondary N) is 1. The Kier molecular flexibility index (Phi) is 4.76. The summed E-state index contributed by atoms with van der Waals surface area (Å²) in [5.74, 6) is 2.86. The maximum Gasteiger partial charge on any atom is 0.240 e. The van der Waals surface area contributed by atoms with Crippen LogP contribution in [0, 0.1) is 12.3 Å². The lowest BCUT2D eigenvalue weighted by molar-refractivity contribution is 0.370. The fraction of sp³-hybridized carbons (Fsp3) is 0.167. The highest BCUT2D eigenvalue weighted by atomic mass is 32.2. The minimum atomic E-state index is -3.48. The summed E-state index contributed by atoms with van der Waals surface area (Å²) in [7, 11) is -3.48. The molecule has 17 heavy (non-hydrogen) atoms. The Morgan fingerprint density at radius 2 is 2.06 bits per heavy atom. The van der Waals surface area contributed by atoms with Gasteiger partial charge in [0.15, 0.2) is 0 Å². The average Bonchev–Trinajstić information content (AvgIpc) is 2.34. The van der Waals surface area contributed by atoms with E-state index in [0.717, 1.165) is 0 Å². The summed E-state index contributed by atoms with van der Waals surface area (Å²) >= 11 is 0. The first-order valence-corrected chi connectivity index (χ1v) is 6.35. The van der Waals surface area contributed by atoms with Crippen molar-refractivity contribution in [1.29, 1.82) is 0 Å². The molecule has 0 bridgehead atoms. The number of terminal acetylenes is 1. The van der Waals surface area contributed by atoms with Gasteiger partial charge < -0.3 is 4.74 Å². The van der Waals surface area contributed by atoms with Gasteiger partial charge in [0.2, 0.25) is 10.0 Å². The molecule has 1 rings (SSSR count). The van der Waals surface area contributed by atoms with E-state index < -0.39 is 10.0 Å². The highest BCUT2D eigenvalue weighted by Crippen LogP contribution is 2.15. The monoisotopic (exact) mass is 251 g/mol. The van der Waals surface area contributed by atoms with Crippen molar-refractivity contribution < 1.29 is 13.2 Å². The van der Waals surface area contributed by atoms with E-state index in [9.17, 15) is 8.42 Å². The quantitative estimate of drug-likeness (QED) is 0.610. The summed E-state index contributed by atoms with van der Waals surface area (Å²) in [6, 6.07) is 6.02. The second kappa shape index (κ2) is 6.09. The zero-order chi connectivity index (χ0) is 12.7. The van der Waals surface area contributed by atoms with Crippen molar-refractivity contribution in [1.82, 2.24) is 4.72 Å². The predicted octanol–water partition coefficient (Wildman–Crippen LogP) is 1.16. The zero-order valence-corrected chi connectivity index (χ0v) is 10.0. The number of hydrogen-bond acceptors (Lipinski definition) is 3. The van der Waals surface area contributed by atoms with E-state index in [4.69, 9.17) is 11.2 Å². The molecule has 0 heterocycles. The molecular weight excluding hydrogens is 238 g/mol. The number of hydrogen-bond donors (Lipinski definition) is 1. The van der Waals surface area contributed by atoms with Gasteiger partial charge >= 0.3 is 0 Å². The van der Waals surface area contributed by atoms with Crippen molar-refractivity contribution in [2.45, 2.75) is 4.90 Å². The summed E-state index contributed by atoms with van der Waals surface area (Å²) in [5, 5.41) is 0. The SMILES string of the molecule is C#CCOc1ccc(S(=O)(=O)NCC=C)cc1. The molecule has 4 nitrogen and oxygen atoms in total. The van der Waals surface area contributed by atoms with Gasteiger partial charge in [-0.25, -0.2) is 13.1 Å². The van der Waals surface area contributed by atoms with Crippen molar-refractivity contribution >= 4 is 10.0 Å². The van der Waals surface area contributed by atoms with Crippen LogP contribution in [0.15, 0.2) is 41.8 Å². The molecule has 1 aromatic carbocycles. The van der Waals surface area contributed by atoms with Gasteiger partial charge in [-0.1, -0.05) is 12.0 Å². The van der Waals surface area contributed by atoms with Crippen molar-refractivity contribution in [3.63, 3.8) is 0 Å². The number of sulfonamides is 1. The van der Waals surface area contributed by atoms with Crippen LogP contribution in [0.4, 0.5) is 0 Å². The Morgan fingerprint density at radius 3 is 2.59 bits per heavy atom. The first kappa shape index (κ1) is 13.3. The standard InChI is InChI=1S/C12H13NO3S/c1-3-9-13-17(14,15)12-7-5-11(6-8-12)16-10-4-2/h2-3,5-8,13H,1,9-10H2. The molecule has 0 atom stereocenters. The lowest BCUT2D eigenvalue weighted by Gasteiger charge is -2.06. The molecule has 0 aliphatic heterocycles. The van der Waals surface area contributed by atoms with Gasteiger partial charge in [-0.05, 0) is 24.3 Å². The number of benzene rings is 1. The van der Waals surface area contributed by atoms with Crippen molar-refractivity contribution in [2.24, 2.45) is 0 Å². The molecule has 5 heteroatoms. The predicted molar refractivity (Wildman–Crippen MR) is 66.2 cm³/mol. The van der Waals surface area contributed by atoms with E-state index in [0.29, 0.717) is 5.75 Å². The summed E-state index contributed by atoms with van der Waals surface area (Å²) < 4.78 is 30.9. The van der Waals surface area contributed by atoms with Crippen LogP contribution in [0.5, 0.6) is 5.75 Å². The fourth-order valence-electron chi connectivity index (χ4n) is 1.09. The lowest BCUT2D eigenvalue weighted by atomic mass is 10.3. The number of ether oxygens (including phenoxy) is 1. The van der Waals surface area contributed by atoms with Crippen molar-refractivity contribution in [2.75, 3.05) is 13.2 Å². The van der Waals surface area contributed by atoms with Crippen LogP contribution in [0.1, 0.15) is 0 Å². The van der Waals surface area contributed by atoms with Crippen LogP contribution < -0.4 is 9.46 Å². The fourth-order valence-corrected chi connectivity index (χ4v) is 2.09. The maximum absolute atomic E-state index is 11.7. The second-order valence-electron chi connectivity index (χ2n) is 3.10. The molecule has 0 spiro atoms. The molecule has 0 radical (unpaired) electrons. The van der Waals surface area contributed by atoms with E-state index in [1.165, 1.54) is 18.2 Å². The molecular formula is C12H13NO3S. The topological polar surface area (TPSA) is 55.4 Å². The van der Waals surface area contributed by atoms with E-state index in [2.05, 4.69) is 17.2 Å². The minimum Gasteiger partial charge on any atom is -0.481 e. The Hall–Kier alpha value is -1.77. The summed E-state index contributed by atoms with van der Waals surface area (Å²) in [6.07, 6.45) is 6.51. The van der Waals surface area contributed by atoms with Crippen molar-refractivity contribution in [3.8, 4) is 18.1 Å².